The summed E-state index contributed by atoms with van der Waals surface area (Å²) in [6, 6.07) is 14.8. The molecule has 2 fully saturated rings. The topological polar surface area (TPSA) is 0 Å². The van der Waals surface area contributed by atoms with Crippen LogP contribution in [0, 0.1) is 17.7 Å². The van der Waals surface area contributed by atoms with E-state index in [1.165, 1.54) is 88.2 Å². The third-order valence-corrected chi connectivity index (χ3v) is 8.24. The molecule has 0 amide bonds. The molecule has 0 bridgehead atoms. The largest absolute Gasteiger partial charge is 0.206 e. The molecule has 0 saturated heterocycles. The minimum absolute atomic E-state index is 0.0539. The Bertz CT molecular complexity index is 805. The first kappa shape index (κ1) is 22.6. The lowest BCUT2D eigenvalue weighted by Crippen LogP contribution is -2.13. The average molecular weight is 421 g/mol. The molecule has 0 N–H and O–H groups in total. The molecule has 0 unspecified atom stereocenters. The van der Waals surface area contributed by atoms with E-state index in [4.69, 9.17) is 0 Å². The summed E-state index contributed by atoms with van der Waals surface area (Å²) >= 11 is 0. The molecule has 0 heterocycles. The fourth-order valence-electron chi connectivity index (χ4n) is 6.02. The Hall–Kier alpha value is -1.63. The lowest BCUT2D eigenvalue weighted by atomic mass is 9.77. The second-order valence-corrected chi connectivity index (χ2v) is 10.5. The summed E-state index contributed by atoms with van der Waals surface area (Å²) < 4.78 is 15.1. The van der Waals surface area contributed by atoms with E-state index < -0.39 is 0 Å². The standard InChI is InChI=1S/C30H41F/c1-3-4-5-6-23-9-13-26(14-10-23)28-19-20-29(30(31)21-28)27-17-15-25(16-18-27)24-11-7-22(2)8-12-24/h15-24,26H,3-14H2,1-2H3. The van der Waals surface area contributed by atoms with E-state index in [0.717, 1.165) is 23.0 Å². The lowest BCUT2D eigenvalue weighted by Gasteiger charge is -2.29. The first-order valence-corrected chi connectivity index (χ1v) is 13.0. The summed E-state index contributed by atoms with van der Waals surface area (Å²) in [6.07, 6.45) is 15.8. The molecule has 4 rings (SSSR count). The maximum Gasteiger partial charge on any atom is 0.131 e. The van der Waals surface area contributed by atoms with Gasteiger partial charge in [0, 0.05) is 5.56 Å². The van der Waals surface area contributed by atoms with Crippen molar-refractivity contribution < 1.29 is 4.39 Å². The Morgan fingerprint density at radius 2 is 1.35 bits per heavy atom. The Labute approximate surface area is 189 Å². The molecule has 0 radical (unpaired) electrons. The monoisotopic (exact) mass is 420 g/mol. The molecule has 0 aliphatic heterocycles. The molecule has 2 aromatic rings. The first-order chi connectivity index (χ1) is 15.1. The second-order valence-electron chi connectivity index (χ2n) is 10.5. The van der Waals surface area contributed by atoms with Gasteiger partial charge in [0.2, 0.25) is 0 Å². The molecular formula is C30H41F. The summed E-state index contributed by atoms with van der Waals surface area (Å²) in [6.45, 7) is 4.64. The van der Waals surface area contributed by atoms with Crippen molar-refractivity contribution in [3.8, 4) is 11.1 Å². The van der Waals surface area contributed by atoms with Gasteiger partial charge in [-0.1, -0.05) is 88.8 Å². The van der Waals surface area contributed by atoms with Crippen LogP contribution in [-0.2, 0) is 0 Å². The maximum absolute atomic E-state index is 15.1. The SMILES string of the molecule is CCCCCC1CCC(c2ccc(-c3ccc(C4CCC(C)CC4)cc3)c(F)c2)CC1. The van der Waals surface area contributed by atoms with Gasteiger partial charge in [0.05, 0.1) is 0 Å². The fourth-order valence-corrected chi connectivity index (χ4v) is 6.02. The van der Waals surface area contributed by atoms with Gasteiger partial charge in [-0.25, -0.2) is 4.39 Å². The molecule has 31 heavy (non-hydrogen) atoms. The molecule has 1 heteroatoms. The molecule has 2 aromatic carbocycles. The second kappa shape index (κ2) is 10.8. The van der Waals surface area contributed by atoms with Gasteiger partial charge in [0.15, 0.2) is 0 Å². The quantitative estimate of drug-likeness (QED) is 0.391. The van der Waals surface area contributed by atoms with Gasteiger partial charge in [-0.05, 0) is 85.0 Å². The molecule has 168 valence electrons. The molecule has 0 nitrogen and oxygen atoms in total. The smallest absolute Gasteiger partial charge is 0.131 e. The van der Waals surface area contributed by atoms with Gasteiger partial charge in [0.25, 0.3) is 0 Å². The van der Waals surface area contributed by atoms with Gasteiger partial charge in [-0.3, -0.25) is 0 Å². The van der Waals surface area contributed by atoms with Crippen LogP contribution in [0.1, 0.15) is 114 Å². The Morgan fingerprint density at radius 3 is 2.00 bits per heavy atom. The lowest BCUT2D eigenvalue weighted by molar-refractivity contribution is 0.302. The number of halogens is 1. The van der Waals surface area contributed by atoms with Crippen molar-refractivity contribution >= 4 is 0 Å². The van der Waals surface area contributed by atoms with Crippen LogP contribution in [0.15, 0.2) is 42.5 Å². The van der Waals surface area contributed by atoms with E-state index in [0.29, 0.717) is 11.8 Å². The first-order valence-electron chi connectivity index (χ1n) is 13.0. The highest BCUT2D eigenvalue weighted by molar-refractivity contribution is 5.65. The number of hydrogen-bond donors (Lipinski definition) is 0. The number of unbranched alkanes of at least 4 members (excludes halogenated alkanes) is 2. The Balaban J connectivity index is 1.37. The van der Waals surface area contributed by atoms with Crippen LogP contribution in [0.3, 0.4) is 0 Å². The molecule has 0 atom stereocenters. The average Bonchev–Trinajstić information content (AvgIpc) is 2.80. The van der Waals surface area contributed by atoms with E-state index in [9.17, 15) is 0 Å². The van der Waals surface area contributed by atoms with Crippen LogP contribution in [0.4, 0.5) is 4.39 Å². The third kappa shape index (κ3) is 5.79. The predicted molar refractivity (Wildman–Crippen MR) is 131 cm³/mol. The van der Waals surface area contributed by atoms with E-state index in [2.05, 4.69) is 44.2 Å². The summed E-state index contributed by atoms with van der Waals surface area (Å²) in [7, 11) is 0. The normalized spacial score (nSPS) is 26.7. The van der Waals surface area contributed by atoms with Crippen molar-refractivity contribution in [3.63, 3.8) is 0 Å². The summed E-state index contributed by atoms with van der Waals surface area (Å²) in [5, 5.41) is 0. The zero-order valence-electron chi connectivity index (χ0n) is 19.7. The highest BCUT2D eigenvalue weighted by Gasteiger charge is 2.23. The number of hydrogen-bond acceptors (Lipinski definition) is 0. The summed E-state index contributed by atoms with van der Waals surface area (Å²) in [4.78, 5) is 0. The molecule has 0 spiro atoms. The van der Waals surface area contributed by atoms with Crippen molar-refractivity contribution in [1.29, 1.82) is 0 Å². The zero-order valence-corrected chi connectivity index (χ0v) is 19.7. The predicted octanol–water partition coefficient (Wildman–Crippen LogP) is 9.64. The van der Waals surface area contributed by atoms with Crippen LogP contribution in [-0.4, -0.2) is 0 Å². The van der Waals surface area contributed by atoms with Gasteiger partial charge in [-0.15, -0.1) is 0 Å². The highest BCUT2D eigenvalue weighted by Crippen LogP contribution is 2.39. The van der Waals surface area contributed by atoms with Crippen molar-refractivity contribution in [3.05, 3.63) is 59.4 Å². The molecule has 0 aromatic heterocycles. The van der Waals surface area contributed by atoms with Crippen LogP contribution in [0.25, 0.3) is 11.1 Å². The number of benzene rings is 2. The molecular weight excluding hydrogens is 379 g/mol. The van der Waals surface area contributed by atoms with Crippen molar-refractivity contribution in [1.82, 2.24) is 0 Å². The van der Waals surface area contributed by atoms with Crippen LogP contribution in [0.5, 0.6) is 0 Å². The Morgan fingerprint density at radius 1 is 0.742 bits per heavy atom. The fraction of sp³-hybridized carbons (Fsp3) is 0.600. The van der Waals surface area contributed by atoms with E-state index in [-0.39, 0.29) is 5.82 Å². The molecule has 2 aliphatic carbocycles. The van der Waals surface area contributed by atoms with Crippen LogP contribution in [0.2, 0.25) is 0 Å². The van der Waals surface area contributed by atoms with Gasteiger partial charge < -0.3 is 0 Å². The van der Waals surface area contributed by atoms with Gasteiger partial charge >= 0.3 is 0 Å². The van der Waals surface area contributed by atoms with Crippen molar-refractivity contribution in [2.75, 3.05) is 0 Å². The Kier molecular flexibility index (Phi) is 7.86. The van der Waals surface area contributed by atoms with Crippen LogP contribution >= 0.6 is 0 Å². The highest BCUT2D eigenvalue weighted by atomic mass is 19.1. The summed E-state index contributed by atoms with van der Waals surface area (Å²) in [5.74, 6) is 2.95. The zero-order chi connectivity index (χ0) is 21.6. The van der Waals surface area contributed by atoms with E-state index in [1.807, 2.05) is 12.1 Å². The van der Waals surface area contributed by atoms with E-state index >= 15 is 4.39 Å². The van der Waals surface area contributed by atoms with Gasteiger partial charge in [0.1, 0.15) is 5.82 Å². The van der Waals surface area contributed by atoms with E-state index in [1.54, 1.807) is 0 Å². The van der Waals surface area contributed by atoms with Crippen LogP contribution < -0.4 is 0 Å². The van der Waals surface area contributed by atoms with Crippen molar-refractivity contribution in [2.24, 2.45) is 11.8 Å². The minimum atomic E-state index is -0.0539. The van der Waals surface area contributed by atoms with Gasteiger partial charge in [-0.2, -0.15) is 0 Å². The molecule has 2 saturated carbocycles. The number of rotatable bonds is 7. The minimum Gasteiger partial charge on any atom is -0.206 e. The third-order valence-electron chi connectivity index (χ3n) is 8.24. The van der Waals surface area contributed by atoms with Crippen molar-refractivity contribution in [2.45, 2.75) is 103 Å². The molecule has 2 aliphatic rings. The summed E-state index contributed by atoms with van der Waals surface area (Å²) in [5.41, 5.74) is 4.40. The maximum atomic E-state index is 15.1.